The van der Waals surface area contributed by atoms with Crippen LogP contribution >= 0.6 is 15.9 Å². The molecule has 0 spiro atoms. The number of carbonyl (C=O) groups excluding carboxylic acids is 1. The van der Waals surface area contributed by atoms with Gasteiger partial charge in [-0.25, -0.2) is 0 Å². The minimum Gasteiger partial charge on any atom is -0.496 e. The fourth-order valence-electron chi connectivity index (χ4n) is 2.25. The van der Waals surface area contributed by atoms with Crippen LogP contribution in [0.3, 0.4) is 0 Å². The van der Waals surface area contributed by atoms with Crippen molar-refractivity contribution in [3.8, 4) is 5.75 Å². The van der Waals surface area contributed by atoms with E-state index in [0.717, 1.165) is 16.5 Å². The zero-order chi connectivity index (χ0) is 14.1. The Morgan fingerprint density at radius 1 is 1.05 bits per heavy atom. The Bertz CT molecular complexity index is 789. The molecule has 1 heterocycles. The van der Waals surface area contributed by atoms with Gasteiger partial charge < -0.3 is 9.15 Å². The smallest absolute Gasteiger partial charge is 0.198 e. The molecule has 0 unspecified atom stereocenters. The number of furan rings is 1. The fraction of sp³-hybridized carbons (Fsp3) is 0.0625. The first-order valence-corrected chi connectivity index (χ1v) is 6.85. The van der Waals surface area contributed by atoms with Crippen molar-refractivity contribution in [3.63, 3.8) is 0 Å². The van der Waals surface area contributed by atoms with E-state index >= 15 is 0 Å². The fourth-order valence-corrected chi connectivity index (χ4v) is 2.67. The molecule has 0 atom stereocenters. The van der Waals surface area contributed by atoms with E-state index in [9.17, 15) is 4.79 Å². The van der Waals surface area contributed by atoms with Gasteiger partial charge in [0.2, 0.25) is 0 Å². The maximum Gasteiger partial charge on any atom is 0.198 e. The van der Waals surface area contributed by atoms with Crippen molar-refractivity contribution >= 4 is 32.5 Å². The molecule has 20 heavy (non-hydrogen) atoms. The summed E-state index contributed by atoms with van der Waals surface area (Å²) in [6.07, 6.45) is 1.49. The number of hydrogen-bond acceptors (Lipinski definition) is 3. The van der Waals surface area contributed by atoms with Crippen molar-refractivity contribution in [2.75, 3.05) is 7.11 Å². The average Bonchev–Trinajstić information content (AvgIpc) is 2.91. The van der Waals surface area contributed by atoms with Crippen molar-refractivity contribution in [1.29, 1.82) is 0 Å². The molecule has 0 bridgehead atoms. The van der Waals surface area contributed by atoms with Crippen molar-refractivity contribution in [1.82, 2.24) is 0 Å². The molecule has 0 radical (unpaired) electrons. The van der Waals surface area contributed by atoms with Gasteiger partial charge >= 0.3 is 0 Å². The van der Waals surface area contributed by atoms with Gasteiger partial charge in [0.15, 0.2) is 10.5 Å². The summed E-state index contributed by atoms with van der Waals surface area (Å²) in [5.74, 6) is 0.674. The molecular formula is C16H11BrO3. The lowest BCUT2D eigenvalue weighted by Gasteiger charge is -2.09. The number of methoxy groups -OCH3 is 1. The molecule has 2 aromatic carbocycles. The molecule has 1 aromatic heterocycles. The maximum atomic E-state index is 12.6. The molecule has 3 aromatic rings. The van der Waals surface area contributed by atoms with Crippen molar-refractivity contribution in [2.45, 2.75) is 0 Å². The Morgan fingerprint density at radius 3 is 2.45 bits per heavy atom. The first-order valence-electron chi connectivity index (χ1n) is 6.06. The Hall–Kier alpha value is -2.07. The van der Waals surface area contributed by atoms with Gasteiger partial charge in [0.25, 0.3) is 0 Å². The molecule has 3 nitrogen and oxygen atoms in total. The van der Waals surface area contributed by atoms with E-state index < -0.39 is 0 Å². The Labute approximate surface area is 124 Å². The second-order valence-corrected chi connectivity index (χ2v) is 5.02. The molecule has 0 aliphatic carbocycles. The number of rotatable bonds is 3. The van der Waals surface area contributed by atoms with Gasteiger partial charge in [-0.05, 0) is 39.5 Å². The van der Waals surface area contributed by atoms with Crippen molar-refractivity contribution in [2.24, 2.45) is 0 Å². The maximum absolute atomic E-state index is 12.6. The van der Waals surface area contributed by atoms with Gasteiger partial charge in [0.1, 0.15) is 5.75 Å². The molecule has 0 saturated carbocycles. The first kappa shape index (κ1) is 12.9. The van der Waals surface area contributed by atoms with E-state index in [1.807, 2.05) is 30.3 Å². The Balaban J connectivity index is 2.23. The number of fused-ring (bicyclic) bond motifs is 1. The summed E-state index contributed by atoms with van der Waals surface area (Å²) in [4.78, 5) is 12.6. The summed E-state index contributed by atoms with van der Waals surface area (Å²) < 4.78 is 10.9. The summed E-state index contributed by atoms with van der Waals surface area (Å²) in [5, 5.41) is 1.78. The van der Waals surface area contributed by atoms with Crippen molar-refractivity contribution < 1.29 is 13.9 Å². The van der Waals surface area contributed by atoms with Crippen LogP contribution in [0.5, 0.6) is 5.75 Å². The molecule has 4 heteroatoms. The predicted molar refractivity (Wildman–Crippen MR) is 80.3 cm³/mol. The summed E-state index contributed by atoms with van der Waals surface area (Å²) in [6.45, 7) is 0. The van der Waals surface area contributed by atoms with Crippen LogP contribution in [0.15, 0.2) is 57.8 Å². The number of carbonyl (C=O) groups is 1. The summed E-state index contributed by atoms with van der Waals surface area (Å²) in [5.41, 5.74) is 1.14. The average molecular weight is 331 g/mol. The minimum absolute atomic E-state index is 0.0792. The van der Waals surface area contributed by atoms with Crippen LogP contribution in [0.4, 0.5) is 0 Å². The molecular weight excluding hydrogens is 320 g/mol. The molecule has 3 rings (SSSR count). The number of ketones is 1. The van der Waals surface area contributed by atoms with Gasteiger partial charge in [-0.2, -0.15) is 0 Å². The van der Waals surface area contributed by atoms with E-state index in [1.54, 1.807) is 19.2 Å². The highest BCUT2D eigenvalue weighted by molar-refractivity contribution is 9.10. The molecule has 0 N–H and O–H groups in total. The standard InChI is InChI=1S/C16H11BrO3/c1-19-14-7-6-12(10-4-2-3-5-11(10)14)15(18)13-8-9-20-16(13)17/h2-9H,1H3. The SMILES string of the molecule is COc1ccc(C(=O)c2ccoc2Br)c2ccccc12. The number of halogens is 1. The lowest BCUT2D eigenvalue weighted by molar-refractivity contribution is 0.103. The molecule has 0 aliphatic heterocycles. The Morgan fingerprint density at radius 2 is 1.80 bits per heavy atom. The third-order valence-corrected chi connectivity index (χ3v) is 3.83. The van der Waals surface area contributed by atoms with Crippen LogP contribution in [0.2, 0.25) is 0 Å². The lowest BCUT2D eigenvalue weighted by Crippen LogP contribution is -2.02. The Kier molecular flexibility index (Phi) is 3.32. The van der Waals surface area contributed by atoms with Crippen LogP contribution in [-0.2, 0) is 0 Å². The van der Waals surface area contributed by atoms with E-state index in [1.165, 1.54) is 6.26 Å². The van der Waals surface area contributed by atoms with Crippen LogP contribution in [0, 0.1) is 0 Å². The van der Waals surface area contributed by atoms with E-state index in [2.05, 4.69) is 15.9 Å². The van der Waals surface area contributed by atoms with Gasteiger partial charge in [0.05, 0.1) is 18.9 Å². The largest absolute Gasteiger partial charge is 0.496 e. The van der Waals surface area contributed by atoms with Crippen molar-refractivity contribution in [3.05, 3.63) is 64.5 Å². The van der Waals surface area contributed by atoms with Crippen LogP contribution in [-0.4, -0.2) is 12.9 Å². The summed E-state index contributed by atoms with van der Waals surface area (Å²) >= 11 is 3.24. The quantitative estimate of drug-likeness (QED) is 0.666. The zero-order valence-electron chi connectivity index (χ0n) is 10.7. The van der Waals surface area contributed by atoms with E-state index in [4.69, 9.17) is 9.15 Å². The zero-order valence-corrected chi connectivity index (χ0v) is 12.3. The molecule has 0 saturated heterocycles. The van der Waals surface area contributed by atoms with Gasteiger partial charge in [-0.15, -0.1) is 0 Å². The molecule has 100 valence electrons. The molecule has 0 fully saturated rings. The topological polar surface area (TPSA) is 39.4 Å². The molecule has 0 aliphatic rings. The number of benzene rings is 2. The van der Waals surface area contributed by atoms with Crippen LogP contribution < -0.4 is 4.74 Å². The summed E-state index contributed by atoms with van der Waals surface area (Å²) in [6, 6.07) is 12.9. The van der Waals surface area contributed by atoms with Gasteiger partial charge in [-0.3, -0.25) is 4.79 Å². The molecule has 0 amide bonds. The highest BCUT2D eigenvalue weighted by atomic mass is 79.9. The number of hydrogen-bond donors (Lipinski definition) is 0. The third-order valence-electron chi connectivity index (χ3n) is 3.21. The van der Waals surface area contributed by atoms with E-state index in [0.29, 0.717) is 15.8 Å². The van der Waals surface area contributed by atoms with E-state index in [-0.39, 0.29) is 5.78 Å². The van der Waals surface area contributed by atoms with Gasteiger partial charge in [0, 0.05) is 10.9 Å². The normalized spacial score (nSPS) is 10.7. The second-order valence-electron chi connectivity index (χ2n) is 4.30. The van der Waals surface area contributed by atoms with Gasteiger partial charge in [-0.1, -0.05) is 24.3 Å². The van der Waals surface area contributed by atoms with Crippen LogP contribution in [0.1, 0.15) is 15.9 Å². The third kappa shape index (κ3) is 2.02. The lowest BCUT2D eigenvalue weighted by atomic mass is 9.98. The minimum atomic E-state index is -0.0792. The predicted octanol–water partition coefficient (Wildman–Crippen LogP) is 4.43. The summed E-state index contributed by atoms with van der Waals surface area (Å²) in [7, 11) is 1.62. The highest BCUT2D eigenvalue weighted by Gasteiger charge is 2.18. The second kappa shape index (κ2) is 5.13. The van der Waals surface area contributed by atoms with Crippen LogP contribution in [0.25, 0.3) is 10.8 Å². The number of ether oxygens (including phenoxy) is 1. The first-order chi connectivity index (χ1) is 9.72. The highest BCUT2D eigenvalue weighted by Crippen LogP contribution is 2.31. The monoisotopic (exact) mass is 330 g/mol.